The average molecular weight is 468 g/mol. The van der Waals surface area contributed by atoms with E-state index in [0.29, 0.717) is 17.9 Å². The second-order valence-electron chi connectivity index (χ2n) is 7.44. The molecule has 1 aliphatic rings. The highest BCUT2D eigenvalue weighted by molar-refractivity contribution is 7.80. The number of aliphatic carboxylic acids is 1. The number of amides is 2. The van der Waals surface area contributed by atoms with Gasteiger partial charge in [0, 0.05) is 0 Å². The van der Waals surface area contributed by atoms with Crippen LogP contribution in [0.15, 0.2) is 42.0 Å². The minimum absolute atomic E-state index is 0.000393. The van der Waals surface area contributed by atoms with Crippen molar-refractivity contribution >= 4 is 46.9 Å². The van der Waals surface area contributed by atoms with Crippen molar-refractivity contribution in [1.82, 2.24) is 5.32 Å². The number of nitrogens with one attached hydrogen (secondary N) is 1. The maximum Gasteiger partial charge on any atom is 0.270 e. The maximum absolute atomic E-state index is 13.2. The molecule has 172 valence electrons. The third-order valence-electron chi connectivity index (χ3n) is 5.06. The molecule has 8 nitrogen and oxygen atoms in total. The third-order valence-corrected chi connectivity index (χ3v) is 5.35. The SMILES string of the molecule is CCOc1cc(/C=C2\C(=O)NC(=S)N(c3ccc(C)c(C)c3)C2=O)ccc1O[C@H](C)C(=O)[O-]. The van der Waals surface area contributed by atoms with Crippen molar-refractivity contribution in [2.24, 2.45) is 0 Å². The lowest BCUT2D eigenvalue weighted by atomic mass is 10.0. The summed E-state index contributed by atoms with van der Waals surface area (Å²) >= 11 is 5.25. The molecule has 2 aromatic carbocycles. The fourth-order valence-electron chi connectivity index (χ4n) is 3.14. The number of carboxylic acids is 1. The molecule has 3 rings (SSSR count). The van der Waals surface area contributed by atoms with E-state index in [2.05, 4.69) is 5.32 Å². The van der Waals surface area contributed by atoms with E-state index in [0.717, 1.165) is 11.1 Å². The van der Waals surface area contributed by atoms with Gasteiger partial charge in [0.05, 0.1) is 18.3 Å². The van der Waals surface area contributed by atoms with E-state index in [1.807, 2.05) is 26.0 Å². The Morgan fingerprint density at radius 1 is 1.15 bits per heavy atom. The minimum Gasteiger partial charge on any atom is -0.546 e. The van der Waals surface area contributed by atoms with Gasteiger partial charge in [0.2, 0.25) is 0 Å². The minimum atomic E-state index is -1.37. The zero-order valence-corrected chi connectivity index (χ0v) is 19.4. The molecular formula is C24H23N2O6S-. The topological polar surface area (TPSA) is 108 Å². The molecule has 2 aromatic rings. The smallest absolute Gasteiger partial charge is 0.270 e. The van der Waals surface area contributed by atoms with Gasteiger partial charge >= 0.3 is 0 Å². The zero-order chi connectivity index (χ0) is 24.3. The number of carbonyl (C=O) groups is 3. The molecule has 1 N–H and O–H groups in total. The van der Waals surface area contributed by atoms with E-state index < -0.39 is 23.9 Å². The molecule has 1 heterocycles. The number of benzene rings is 2. The summed E-state index contributed by atoms with van der Waals surface area (Å²) in [6, 6.07) is 10.1. The summed E-state index contributed by atoms with van der Waals surface area (Å²) in [6.07, 6.45) is 0.230. The van der Waals surface area contributed by atoms with Gasteiger partial charge < -0.3 is 19.4 Å². The summed E-state index contributed by atoms with van der Waals surface area (Å²) in [5.74, 6) is -2.07. The highest BCUT2D eigenvalue weighted by atomic mass is 32.1. The molecule has 1 fully saturated rings. The summed E-state index contributed by atoms with van der Waals surface area (Å²) in [4.78, 5) is 38.1. The van der Waals surface area contributed by atoms with E-state index in [-0.39, 0.29) is 22.2 Å². The van der Waals surface area contributed by atoms with Gasteiger partial charge in [-0.15, -0.1) is 0 Å². The van der Waals surface area contributed by atoms with E-state index in [4.69, 9.17) is 21.7 Å². The quantitative estimate of drug-likeness (QED) is 0.377. The molecule has 1 atom stereocenters. The average Bonchev–Trinajstić information content (AvgIpc) is 2.75. The van der Waals surface area contributed by atoms with Crippen LogP contribution in [0.1, 0.15) is 30.5 Å². The van der Waals surface area contributed by atoms with Crippen molar-refractivity contribution in [3.8, 4) is 11.5 Å². The Morgan fingerprint density at radius 2 is 1.88 bits per heavy atom. The molecular weight excluding hydrogens is 444 g/mol. The summed E-state index contributed by atoms with van der Waals surface area (Å²) < 4.78 is 10.9. The van der Waals surface area contributed by atoms with E-state index in [1.54, 1.807) is 25.1 Å². The van der Waals surface area contributed by atoms with E-state index >= 15 is 0 Å². The van der Waals surface area contributed by atoms with Crippen molar-refractivity contribution in [2.75, 3.05) is 11.5 Å². The number of carboxylic acid groups (broad SMARTS) is 1. The molecule has 0 spiro atoms. The summed E-state index contributed by atoms with van der Waals surface area (Å²) in [5, 5.41) is 13.6. The van der Waals surface area contributed by atoms with Crippen LogP contribution >= 0.6 is 12.2 Å². The van der Waals surface area contributed by atoms with Crippen LogP contribution in [0.2, 0.25) is 0 Å². The Balaban J connectivity index is 1.98. The lowest BCUT2D eigenvalue weighted by Gasteiger charge is -2.29. The Morgan fingerprint density at radius 3 is 2.52 bits per heavy atom. The second kappa shape index (κ2) is 9.83. The Kier molecular flexibility index (Phi) is 7.13. The van der Waals surface area contributed by atoms with E-state index in [9.17, 15) is 19.5 Å². The van der Waals surface area contributed by atoms with Crippen LogP contribution in [-0.4, -0.2) is 35.6 Å². The maximum atomic E-state index is 13.2. The van der Waals surface area contributed by atoms with Gasteiger partial charge in [0.25, 0.3) is 11.8 Å². The number of carbonyl (C=O) groups excluding carboxylic acids is 3. The number of hydrogen-bond donors (Lipinski definition) is 1. The van der Waals surface area contributed by atoms with Gasteiger partial charge in [0.1, 0.15) is 11.7 Å². The molecule has 2 amide bonds. The highest BCUT2D eigenvalue weighted by Crippen LogP contribution is 2.31. The molecule has 0 saturated carbocycles. The van der Waals surface area contributed by atoms with Gasteiger partial charge in [-0.2, -0.15) is 0 Å². The number of aryl methyl sites for hydroxylation is 2. The zero-order valence-electron chi connectivity index (χ0n) is 18.6. The molecule has 0 unspecified atom stereocenters. The molecule has 9 heteroatoms. The van der Waals surface area contributed by atoms with Crippen LogP contribution in [0, 0.1) is 13.8 Å². The van der Waals surface area contributed by atoms with Gasteiger partial charge in [0.15, 0.2) is 16.6 Å². The molecule has 0 radical (unpaired) electrons. The summed E-state index contributed by atoms with van der Waals surface area (Å²) in [7, 11) is 0. The van der Waals surface area contributed by atoms with Gasteiger partial charge in [-0.3, -0.25) is 19.8 Å². The number of ether oxygens (including phenoxy) is 2. The molecule has 1 aliphatic heterocycles. The fourth-order valence-corrected chi connectivity index (χ4v) is 3.42. The molecule has 1 saturated heterocycles. The predicted octanol–water partition coefficient (Wildman–Crippen LogP) is 2.05. The van der Waals surface area contributed by atoms with Crippen LogP contribution in [0.25, 0.3) is 6.08 Å². The van der Waals surface area contributed by atoms with Gasteiger partial charge in [-0.1, -0.05) is 12.1 Å². The molecule has 0 bridgehead atoms. The van der Waals surface area contributed by atoms with Crippen molar-refractivity contribution in [1.29, 1.82) is 0 Å². The molecule has 0 aromatic heterocycles. The summed E-state index contributed by atoms with van der Waals surface area (Å²) in [5.41, 5.74) is 2.97. The second-order valence-corrected chi connectivity index (χ2v) is 7.83. The van der Waals surface area contributed by atoms with Crippen molar-refractivity contribution in [3.05, 3.63) is 58.7 Å². The standard InChI is InChI=1S/C24H24N2O6S/c1-5-31-20-12-16(7-9-19(20)32-15(4)23(29)30)11-18-21(27)25-24(33)26(22(18)28)17-8-6-13(2)14(3)10-17/h6-12,15H,5H2,1-4H3,(H,29,30)(H,25,27,33)/p-1/b18-11+/t15-/m1/s1. The summed E-state index contributed by atoms with van der Waals surface area (Å²) in [6.45, 7) is 7.28. The first-order chi connectivity index (χ1) is 15.6. The lowest BCUT2D eigenvalue weighted by molar-refractivity contribution is -0.312. The van der Waals surface area contributed by atoms with Crippen LogP contribution in [-0.2, 0) is 14.4 Å². The first-order valence-electron chi connectivity index (χ1n) is 10.3. The molecule has 33 heavy (non-hydrogen) atoms. The highest BCUT2D eigenvalue weighted by Gasteiger charge is 2.34. The molecule has 0 aliphatic carbocycles. The van der Waals surface area contributed by atoms with Crippen LogP contribution in [0.4, 0.5) is 5.69 Å². The lowest BCUT2D eigenvalue weighted by Crippen LogP contribution is -2.54. The number of nitrogens with zero attached hydrogens (tertiary/aromatic N) is 1. The Bertz CT molecular complexity index is 1170. The van der Waals surface area contributed by atoms with Gasteiger partial charge in [-0.05, 0) is 86.9 Å². The van der Waals surface area contributed by atoms with Crippen molar-refractivity contribution < 1.29 is 29.0 Å². The van der Waals surface area contributed by atoms with Gasteiger partial charge in [-0.25, -0.2) is 0 Å². The fraction of sp³-hybridized carbons (Fsp3) is 0.250. The Labute approximate surface area is 196 Å². The largest absolute Gasteiger partial charge is 0.546 e. The number of thiocarbonyl (C=S) groups is 1. The van der Waals surface area contributed by atoms with Crippen LogP contribution in [0.3, 0.4) is 0 Å². The van der Waals surface area contributed by atoms with Crippen molar-refractivity contribution in [3.63, 3.8) is 0 Å². The van der Waals surface area contributed by atoms with Crippen LogP contribution < -0.4 is 24.8 Å². The van der Waals surface area contributed by atoms with Crippen LogP contribution in [0.5, 0.6) is 11.5 Å². The van der Waals surface area contributed by atoms with Crippen molar-refractivity contribution in [2.45, 2.75) is 33.8 Å². The van der Waals surface area contributed by atoms with E-state index in [1.165, 1.54) is 24.0 Å². The monoisotopic (exact) mass is 467 g/mol. The first kappa shape index (κ1) is 23.9. The Hall–Kier alpha value is -3.72. The predicted molar refractivity (Wildman–Crippen MR) is 125 cm³/mol. The number of hydrogen-bond acceptors (Lipinski definition) is 7. The third kappa shape index (κ3) is 5.20. The number of rotatable bonds is 7. The first-order valence-corrected chi connectivity index (χ1v) is 10.7. The normalized spacial score (nSPS) is 15.9. The number of anilines is 1.